The molecule has 0 saturated carbocycles. The first-order valence-corrected chi connectivity index (χ1v) is 8.73. The maximum Gasteiger partial charge on any atom is 0.410 e. The average molecular weight is 380 g/mol. The molecule has 0 aromatic carbocycles. The Bertz CT molecular complexity index is 712. The molecule has 1 amide bonds. The van der Waals surface area contributed by atoms with Crippen LogP contribution in [0.5, 0.6) is 0 Å². The maximum absolute atomic E-state index is 12.1. The molecule has 2 aromatic heterocycles. The van der Waals surface area contributed by atoms with Gasteiger partial charge in [-0.2, -0.15) is 5.10 Å². The second kappa shape index (κ2) is 6.15. The van der Waals surface area contributed by atoms with Crippen molar-refractivity contribution in [1.82, 2.24) is 14.5 Å². The van der Waals surface area contributed by atoms with E-state index >= 15 is 0 Å². The van der Waals surface area contributed by atoms with Gasteiger partial charge in [-0.1, -0.05) is 6.07 Å². The molecular weight excluding hydrogens is 358 g/mol. The second-order valence-electron chi connectivity index (χ2n) is 7.03. The molecule has 1 fully saturated rings. The van der Waals surface area contributed by atoms with E-state index in [1.807, 2.05) is 36.4 Å². The molecule has 2 aromatic rings. The minimum atomic E-state index is -0.438. The number of nitrogens with zero attached hydrogens (tertiary/aromatic N) is 3. The summed E-state index contributed by atoms with van der Waals surface area (Å²) in [4.78, 5) is 13.9. The van der Waals surface area contributed by atoms with Crippen molar-refractivity contribution >= 4 is 27.5 Å². The SMILES string of the molecule is CC(C)(C)OC(=O)N1CCC(c2ccc3c(Br)cnn3c2)CC1. The molecule has 6 heteroatoms. The molecule has 5 nitrogen and oxygen atoms in total. The fourth-order valence-electron chi connectivity index (χ4n) is 2.93. The summed E-state index contributed by atoms with van der Waals surface area (Å²) < 4.78 is 8.35. The first-order chi connectivity index (χ1) is 10.8. The number of ether oxygens (including phenoxy) is 1. The monoisotopic (exact) mass is 379 g/mol. The number of pyridine rings is 1. The van der Waals surface area contributed by atoms with Crippen LogP contribution in [0.15, 0.2) is 29.0 Å². The zero-order chi connectivity index (χ0) is 16.6. The van der Waals surface area contributed by atoms with E-state index < -0.39 is 5.60 Å². The molecule has 124 valence electrons. The number of rotatable bonds is 1. The number of hydrogen-bond donors (Lipinski definition) is 0. The summed E-state index contributed by atoms with van der Waals surface area (Å²) in [6.07, 6.45) is 5.60. The molecule has 3 heterocycles. The highest BCUT2D eigenvalue weighted by atomic mass is 79.9. The van der Waals surface area contributed by atoms with Gasteiger partial charge in [-0.25, -0.2) is 9.31 Å². The van der Waals surface area contributed by atoms with Gasteiger partial charge < -0.3 is 9.64 Å². The third-order valence-electron chi connectivity index (χ3n) is 4.11. The summed E-state index contributed by atoms with van der Waals surface area (Å²) in [5.41, 5.74) is 1.91. The van der Waals surface area contributed by atoms with Crippen molar-refractivity contribution in [2.24, 2.45) is 0 Å². The molecule has 3 rings (SSSR count). The zero-order valence-corrected chi connectivity index (χ0v) is 15.3. The summed E-state index contributed by atoms with van der Waals surface area (Å²) >= 11 is 3.49. The van der Waals surface area contributed by atoms with E-state index in [0.717, 1.165) is 35.9 Å². The number of carbonyl (C=O) groups is 1. The predicted octanol–water partition coefficient (Wildman–Crippen LogP) is 4.21. The highest BCUT2D eigenvalue weighted by molar-refractivity contribution is 9.10. The van der Waals surface area contributed by atoms with Crippen LogP contribution in [0.1, 0.15) is 45.1 Å². The van der Waals surface area contributed by atoms with E-state index in [9.17, 15) is 4.79 Å². The van der Waals surface area contributed by atoms with Crippen LogP contribution in [0.2, 0.25) is 0 Å². The largest absolute Gasteiger partial charge is 0.444 e. The van der Waals surface area contributed by atoms with Crippen LogP contribution in [-0.2, 0) is 4.74 Å². The number of likely N-dealkylation sites (tertiary alicyclic amines) is 1. The Balaban J connectivity index is 1.65. The molecular formula is C17H22BrN3O2. The van der Waals surface area contributed by atoms with Crippen molar-refractivity contribution in [1.29, 1.82) is 0 Å². The molecule has 1 aliphatic rings. The number of aromatic nitrogens is 2. The van der Waals surface area contributed by atoms with Crippen LogP contribution in [0, 0.1) is 0 Å². The van der Waals surface area contributed by atoms with E-state index in [-0.39, 0.29) is 6.09 Å². The number of halogens is 1. The highest BCUT2D eigenvalue weighted by Gasteiger charge is 2.27. The van der Waals surface area contributed by atoms with E-state index in [4.69, 9.17) is 4.74 Å². The highest BCUT2D eigenvalue weighted by Crippen LogP contribution is 2.29. The fourth-order valence-corrected chi connectivity index (χ4v) is 3.34. The molecule has 1 saturated heterocycles. The standard InChI is InChI=1S/C17H22BrN3O2/c1-17(2,3)23-16(22)20-8-6-12(7-9-20)13-4-5-15-14(18)10-19-21(15)11-13/h4-5,10-12H,6-9H2,1-3H3. The molecule has 0 aliphatic carbocycles. The number of hydrogen-bond acceptors (Lipinski definition) is 3. The number of carbonyl (C=O) groups excluding carboxylic acids is 1. The van der Waals surface area contributed by atoms with Gasteiger partial charge in [0.2, 0.25) is 0 Å². The number of piperidine rings is 1. The molecule has 0 radical (unpaired) electrons. The molecule has 0 atom stereocenters. The summed E-state index contributed by atoms with van der Waals surface area (Å²) in [7, 11) is 0. The normalized spacial score (nSPS) is 16.8. The van der Waals surface area contributed by atoms with Gasteiger partial charge in [0.15, 0.2) is 0 Å². The summed E-state index contributed by atoms with van der Waals surface area (Å²) in [5, 5.41) is 4.34. The van der Waals surface area contributed by atoms with Crippen LogP contribution in [0.3, 0.4) is 0 Å². The van der Waals surface area contributed by atoms with Crippen molar-refractivity contribution in [3.8, 4) is 0 Å². The van der Waals surface area contributed by atoms with Crippen molar-refractivity contribution in [2.75, 3.05) is 13.1 Å². The molecule has 1 aliphatic heterocycles. The van der Waals surface area contributed by atoms with Crippen molar-refractivity contribution < 1.29 is 9.53 Å². The molecule has 0 unspecified atom stereocenters. The van der Waals surface area contributed by atoms with E-state index in [2.05, 4.69) is 39.4 Å². The average Bonchev–Trinajstić information content (AvgIpc) is 2.87. The molecule has 0 N–H and O–H groups in total. The van der Waals surface area contributed by atoms with Crippen molar-refractivity contribution in [3.05, 3.63) is 34.6 Å². The summed E-state index contributed by atoms with van der Waals surface area (Å²) in [6.45, 7) is 7.17. The Morgan fingerprint density at radius 3 is 2.65 bits per heavy atom. The Hall–Kier alpha value is -1.56. The van der Waals surface area contributed by atoms with Gasteiger partial charge in [-0.05, 0) is 67.1 Å². The lowest BCUT2D eigenvalue weighted by Crippen LogP contribution is -2.41. The summed E-state index contributed by atoms with van der Waals surface area (Å²) in [6, 6.07) is 4.25. The maximum atomic E-state index is 12.1. The minimum Gasteiger partial charge on any atom is -0.444 e. The van der Waals surface area contributed by atoms with Crippen molar-refractivity contribution in [2.45, 2.75) is 45.1 Å². The van der Waals surface area contributed by atoms with Gasteiger partial charge in [0.25, 0.3) is 0 Å². The Labute approximate surface area is 144 Å². The van der Waals surface area contributed by atoms with Gasteiger partial charge in [0.1, 0.15) is 5.60 Å². The third kappa shape index (κ3) is 3.68. The predicted molar refractivity (Wildman–Crippen MR) is 92.7 cm³/mol. The van der Waals surface area contributed by atoms with E-state index in [0.29, 0.717) is 5.92 Å². The van der Waals surface area contributed by atoms with Gasteiger partial charge in [0.05, 0.1) is 16.2 Å². The van der Waals surface area contributed by atoms with Gasteiger partial charge in [-0.15, -0.1) is 0 Å². The fraction of sp³-hybridized carbons (Fsp3) is 0.529. The number of fused-ring (bicyclic) bond motifs is 1. The number of amides is 1. The van der Waals surface area contributed by atoms with Crippen LogP contribution < -0.4 is 0 Å². The van der Waals surface area contributed by atoms with Crippen LogP contribution in [0.4, 0.5) is 4.79 Å². The lowest BCUT2D eigenvalue weighted by molar-refractivity contribution is 0.0205. The quantitative estimate of drug-likeness (QED) is 0.745. The molecule has 0 bridgehead atoms. The van der Waals surface area contributed by atoms with Gasteiger partial charge in [-0.3, -0.25) is 0 Å². The lowest BCUT2D eigenvalue weighted by atomic mass is 9.90. The Morgan fingerprint density at radius 2 is 2.00 bits per heavy atom. The van der Waals surface area contributed by atoms with Gasteiger partial charge in [0, 0.05) is 19.3 Å². The second-order valence-corrected chi connectivity index (χ2v) is 7.88. The summed E-state index contributed by atoms with van der Waals surface area (Å²) in [5.74, 6) is 0.459. The van der Waals surface area contributed by atoms with E-state index in [1.165, 1.54) is 5.56 Å². The van der Waals surface area contributed by atoms with Gasteiger partial charge >= 0.3 is 6.09 Å². The first kappa shape index (κ1) is 16.3. The third-order valence-corrected chi connectivity index (χ3v) is 4.72. The lowest BCUT2D eigenvalue weighted by Gasteiger charge is -2.33. The Kier molecular flexibility index (Phi) is 4.36. The zero-order valence-electron chi connectivity index (χ0n) is 13.8. The minimum absolute atomic E-state index is 0.206. The van der Waals surface area contributed by atoms with Crippen LogP contribution in [-0.4, -0.2) is 39.3 Å². The Morgan fingerprint density at radius 1 is 1.30 bits per heavy atom. The first-order valence-electron chi connectivity index (χ1n) is 7.94. The molecule has 0 spiro atoms. The van der Waals surface area contributed by atoms with E-state index in [1.54, 1.807) is 0 Å². The van der Waals surface area contributed by atoms with Crippen molar-refractivity contribution in [3.63, 3.8) is 0 Å². The smallest absolute Gasteiger partial charge is 0.410 e. The van der Waals surface area contributed by atoms with Crippen LogP contribution >= 0.6 is 15.9 Å². The van der Waals surface area contributed by atoms with Crippen LogP contribution in [0.25, 0.3) is 5.52 Å². The molecule has 23 heavy (non-hydrogen) atoms. The topological polar surface area (TPSA) is 46.8 Å².